The summed E-state index contributed by atoms with van der Waals surface area (Å²) >= 11 is 3.53. The van der Waals surface area contributed by atoms with Crippen LogP contribution in [0.15, 0.2) is 48.6 Å². The van der Waals surface area contributed by atoms with Gasteiger partial charge in [-0.1, -0.05) is 81.7 Å². The van der Waals surface area contributed by atoms with E-state index in [0.29, 0.717) is 12.1 Å². The van der Waals surface area contributed by atoms with E-state index in [2.05, 4.69) is 85.3 Å². The standard InChI is InChI=1S/C55H90N2O.C2H6.CH4S/c1-41(2)57(53-35-24-48(25-36-53)21-17-44-12-10-43(11-13-44)9-8-42-6-4-3-5-7-42)54-37-29-50(30-38-54)49-27-33-52(34-28-49)56-51-31-22-47(23-32-51)20-16-45-14-18-46(19-15-45)26-39-55-40-58-55;2*1-2/h8-9,16-17,20-21,26,39,41-56H,3-7,10-15,18-19,22-25,27-38,40H2,1-2H3;1-2H3;2H,1H3/b9-8+,20-16+,21-17+,39-26+;;. The highest BCUT2D eigenvalue weighted by atomic mass is 32.1. The lowest BCUT2D eigenvalue weighted by atomic mass is 9.70. The average Bonchev–Trinajstić information content (AvgIpc) is 4.17. The van der Waals surface area contributed by atoms with Gasteiger partial charge in [-0.2, -0.15) is 12.6 Å². The van der Waals surface area contributed by atoms with Gasteiger partial charge in [-0.05, 0) is 240 Å². The van der Waals surface area contributed by atoms with Crippen LogP contribution in [-0.4, -0.2) is 54.1 Å². The van der Waals surface area contributed by atoms with Gasteiger partial charge >= 0.3 is 0 Å². The SMILES string of the molecule is CC.CC(C)N(C1CCC(/C=C/C2CCC(/C=C/C3CCCCC3)CC2)CC1)C1CCC(C2CCC(NC3CCC(/C=C/C4CCC(/C=C/C5CO5)CC4)CC3)CC2)CC1.CS. The largest absolute Gasteiger partial charge is 0.369 e. The number of epoxide rings is 1. The molecule has 0 bridgehead atoms. The number of rotatable bonds is 14. The van der Waals surface area contributed by atoms with Crippen LogP contribution in [0.5, 0.6) is 0 Å². The summed E-state index contributed by atoms with van der Waals surface area (Å²) in [4.78, 5) is 3.04. The molecule has 0 amide bonds. The molecule has 7 aliphatic carbocycles. The molecule has 1 unspecified atom stereocenters. The van der Waals surface area contributed by atoms with Crippen LogP contribution in [0.1, 0.15) is 214 Å². The van der Waals surface area contributed by atoms with Crippen LogP contribution < -0.4 is 5.32 Å². The molecule has 1 N–H and O–H groups in total. The fourth-order valence-corrected chi connectivity index (χ4v) is 14.0. The Hall–Kier alpha value is -0.810. The molecule has 0 aromatic rings. The number of allylic oxidation sites excluding steroid dienone is 7. The molecule has 8 fully saturated rings. The highest BCUT2D eigenvalue weighted by molar-refractivity contribution is 7.79. The molecule has 4 heteroatoms. The Bertz CT molecular complexity index is 1280. The Balaban J connectivity index is 0.00000156. The maximum atomic E-state index is 5.36. The first-order chi connectivity index (χ1) is 30.5. The minimum absolute atomic E-state index is 0.445. The molecule has 1 saturated heterocycles. The maximum Gasteiger partial charge on any atom is 0.0991 e. The molecular weight excluding hydrogens is 773 g/mol. The quantitative estimate of drug-likeness (QED) is 0.103. The molecule has 0 aromatic carbocycles. The third kappa shape index (κ3) is 16.5. The molecule has 0 spiro atoms. The Morgan fingerprint density at radius 1 is 0.403 bits per heavy atom. The van der Waals surface area contributed by atoms with Crippen molar-refractivity contribution in [3.05, 3.63) is 48.6 Å². The van der Waals surface area contributed by atoms with Gasteiger partial charge in [-0.3, -0.25) is 4.90 Å². The average molecular weight is 874 g/mol. The third-order valence-corrected chi connectivity index (χ3v) is 17.8. The van der Waals surface area contributed by atoms with Crippen molar-refractivity contribution in [1.82, 2.24) is 10.2 Å². The summed E-state index contributed by atoms with van der Waals surface area (Å²) < 4.78 is 5.36. The van der Waals surface area contributed by atoms with E-state index in [-0.39, 0.29) is 0 Å². The predicted molar refractivity (Wildman–Crippen MR) is 273 cm³/mol. The van der Waals surface area contributed by atoms with Gasteiger partial charge in [-0.25, -0.2) is 0 Å². The van der Waals surface area contributed by atoms with Gasteiger partial charge in [0, 0.05) is 30.2 Å². The number of nitrogens with zero attached hydrogens (tertiary/aromatic N) is 1. The van der Waals surface area contributed by atoms with Crippen molar-refractivity contribution < 1.29 is 4.74 Å². The monoisotopic (exact) mass is 873 g/mol. The highest BCUT2D eigenvalue weighted by Gasteiger charge is 2.37. The maximum absolute atomic E-state index is 5.36. The van der Waals surface area contributed by atoms with Crippen LogP contribution >= 0.6 is 12.6 Å². The van der Waals surface area contributed by atoms with Crippen LogP contribution in [0, 0.1) is 53.3 Å². The summed E-state index contributed by atoms with van der Waals surface area (Å²) in [6.07, 6.45) is 64.3. The van der Waals surface area contributed by atoms with E-state index < -0.39 is 0 Å². The zero-order chi connectivity index (χ0) is 43.5. The lowest BCUT2D eigenvalue weighted by Crippen LogP contribution is -2.50. The van der Waals surface area contributed by atoms with Gasteiger partial charge < -0.3 is 10.1 Å². The molecule has 3 nitrogen and oxygen atoms in total. The summed E-state index contributed by atoms with van der Waals surface area (Å²) in [5.41, 5.74) is 0. The molecule has 7 saturated carbocycles. The lowest BCUT2D eigenvalue weighted by Gasteiger charge is -2.47. The Morgan fingerprint density at radius 3 is 1.06 bits per heavy atom. The highest BCUT2D eigenvalue weighted by Crippen LogP contribution is 2.42. The van der Waals surface area contributed by atoms with Crippen molar-refractivity contribution in [1.29, 1.82) is 0 Å². The Kier molecular flexibility index (Phi) is 22.6. The van der Waals surface area contributed by atoms with E-state index >= 15 is 0 Å². The fourth-order valence-electron chi connectivity index (χ4n) is 14.0. The van der Waals surface area contributed by atoms with Crippen molar-refractivity contribution in [2.75, 3.05) is 12.9 Å². The number of hydrogen-bond acceptors (Lipinski definition) is 4. The summed E-state index contributed by atoms with van der Waals surface area (Å²) in [5, 5.41) is 4.20. The van der Waals surface area contributed by atoms with Crippen LogP contribution in [0.25, 0.3) is 0 Å². The first-order valence-electron chi connectivity index (χ1n) is 27.8. The first kappa shape index (κ1) is 50.6. The van der Waals surface area contributed by atoms with Crippen molar-refractivity contribution in [2.45, 2.75) is 250 Å². The number of thiol groups is 1. The van der Waals surface area contributed by atoms with E-state index in [4.69, 9.17) is 4.74 Å². The van der Waals surface area contributed by atoms with Gasteiger partial charge in [0.1, 0.15) is 0 Å². The second kappa shape index (κ2) is 27.7. The summed E-state index contributed by atoms with van der Waals surface area (Å²) in [6, 6.07) is 3.91. The molecule has 0 radical (unpaired) electrons. The topological polar surface area (TPSA) is 27.8 Å². The normalized spacial score (nSPS) is 38.9. The zero-order valence-corrected chi connectivity index (χ0v) is 42.2. The van der Waals surface area contributed by atoms with E-state index in [9.17, 15) is 0 Å². The molecule has 8 aliphatic rings. The van der Waals surface area contributed by atoms with E-state index in [0.717, 1.165) is 84.0 Å². The molecule has 1 atom stereocenters. The molecule has 354 valence electrons. The molecule has 1 aliphatic heterocycles. The van der Waals surface area contributed by atoms with E-state index in [1.54, 1.807) is 6.26 Å². The Labute approximate surface area is 390 Å². The van der Waals surface area contributed by atoms with E-state index in [1.165, 1.54) is 186 Å². The van der Waals surface area contributed by atoms with Gasteiger partial charge in [0.05, 0.1) is 12.7 Å². The predicted octanol–water partition coefficient (Wildman–Crippen LogP) is 15.9. The molecule has 1 heterocycles. The van der Waals surface area contributed by atoms with Gasteiger partial charge in [0.15, 0.2) is 0 Å². The van der Waals surface area contributed by atoms with Gasteiger partial charge in [0.25, 0.3) is 0 Å². The first-order valence-corrected chi connectivity index (χ1v) is 28.7. The molecular formula is C58H100N2OS. The van der Waals surface area contributed by atoms with Crippen LogP contribution in [0.3, 0.4) is 0 Å². The number of ether oxygens (including phenoxy) is 1. The van der Waals surface area contributed by atoms with Gasteiger partial charge in [-0.15, -0.1) is 0 Å². The number of nitrogens with one attached hydrogen (secondary N) is 1. The second-order valence-electron chi connectivity index (χ2n) is 22.2. The molecule has 62 heavy (non-hydrogen) atoms. The summed E-state index contributed by atoms with van der Waals surface area (Å²) in [5.74, 6) is 7.89. The van der Waals surface area contributed by atoms with Crippen molar-refractivity contribution in [3.63, 3.8) is 0 Å². The summed E-state index contributed by atoms with van der Waals surface area (Å²) in [7, 11) is 0. The van der Waals surface area contributed by atoms with Crippen molar-refractivity contribution in [3.8, 4) is 0 Å². The zero-order valence-electron chi connectivity index (χ0n) is 41.3. The van der Waals surface area contributed by atoms with Crippen LogP contribution in [0.4, 0.5) is 0 Å². The minimum Gasteiger partial charge on any atom is -0.369 e. The number of hydrogen-bond donors (Lipinski definition) is 2. The molecule has 8 rings (SSSR count). The third-order valence-electron chi connectivity index (χ3n) is 17.8. The molecule has 0 aromatic heterocycles. The second-order valence-corrected chi connectivity index (χ2v) is 22.2. The summed E-state index contributed by atoms with van der Waals surface area (Å²) in [6.45, 7) is 9.96. The Morgan fingerprint density at radius 2 is 0.694 bits per heavy atom. The van der Waals surface area contributed by atoms with Crippen molar-refractivity contribution in [2.24, 2.45) is 53.3 Å². The lowest BCUT2D eigenvalue weighted by molar-refractivity contribution is 0.0286. The van der Waals surface area contributed by atoms with Crippen LogP contribution in [-0.2, 0) is 4.74 Å². The van der Waals surface area contributed by atoms with Crippen molar-refractivity contribution >= 4 is 12.6 Å². The minimum atomic E-state index is 0.445. The van der Waals surface area contributed by atoms with Crippen LogP contribution in [0.2, 0.25) is 0 Å². The van der Waals surface area contributed by atoms with E-state index in [1.807, 2.05) is 13.8 Å². The smallest absolute Gasteiger partial charge is 0.0991 e. The fraction of sp³-hybridized carbons (Fsp3) is 0.862. The van der Waals surface area contributed by atoms with Gasteiger partial charge in [0.2, 0.25) is 0 Å².